The summed E-state index contributed by atoms with van der Waals surface area (Å²) in [4.78, 5) is 26.2. The van der Waals surface area contributed by atoms with E-state index in [0.29, 0.717) is 29.3 Å². The summed E-state index contributed by atoms with van der Waals surface area (Å²) < 4.78 is 10.4. The van der Waals surface area contributed by atoms with E-state index < -0.39 is 4.92 Å². The largest absolute Gasteiger partial charge is 0.493 e. The van der Waals surface area contributed by atoms with Crippen LogP contribution in [-0.4, -0.2) is 30.0 Å². The monoisotopic (exact) mass is 345 g/mol. The molecule has 8 heteroatoms. The maximum Gasteiger partial charge on any atom is 0.287 e. The molecule has 25 heavy (non-hydrogen) atoms. The molecule has 1 heterocycles. The van der Waals surface area contributed by atoms with Gasteiger partial charge in [-0.2, -0.15) is 0 Å². The summed E-state index contributed by atoms with van der Waals surface area (Å²) in [5.41, 5.74) is 1.36. The number of nitrogens with zero attached hydrogens (tertiary/aromatic N) is 2. The quantitative estimate of drug-likeness (QED) is 0.611. The highest BCUT2D eigenvalue weighted by Crippen LogP contribution is 2.28. The third-order valence-corrected chi connectivity index (χ3v) is 3.62. The van der Waals surface area contributed by atoms with Crippen molar-refractivity contribution in [2.24, 2.45) is 0 Å². The number of carbonyl (C=O) groups is 1. The molecule has 0 spiro atoms. The zero-order valence-corrected chi connectivity index (χ0v) is 14.2. The van der Waals surface area contributed by atoms with Gasteiger partial charge in [-0.15, -0.1) is 0 Å². The maximum absolute atomic E-state index is 12.1. The SMILES string of the molecule is COc1ccc(CCC(=O)Nc2ncc([N+](=O)[O-])cc2C)cc1OC. The average molecular weight is 345 g/mol. The van der Waals surface area contributed by atoms with Gasteiger partial charge in [-0.3, -0.25) is 14.9 Å². The standard InChI is InChI=1S/C17H19N3O5/c1-11-8-13(20(22)23)10-18-17(11)19-16(21)7-5-12-4-6-14(24-2)15(9-12)25-3/h4,6,8-10H,5,7H2,1-3H3,(H,18,19,21). The predicted octanol–water partition coefficient (Wildman–Crippen LogP) is 2.89. The number of nitro groups is 1. The number of aromatic nitrogens is 1. The lowest BCUT2D eigenvalue weighted by atomic mass is 10.1. The molecule has 2 rings (SSSR count). The molecule has 0 radical (unpaired) electrons. The Bertz CT molecular complexity index is 792. The number of aryl methyl sites for hydroxylation is 2. The molecular formula is C17H19N3O5. The molecule has 0 bridgehead atoms. The molecule has 1 amide bonds. The van der Waals surface area contributed by atoms with E-state index in [4.69, 9.17) is 9.47 Å². The Balaban J connectivity index is 1.98. The van der Waals surface area contributed by atoms with Crippen molar-refractivity contribution in [2.75, 3.05) is 19.5 Å². The van der Waals surface area contributed by atoms with Crippen LogP contribution < -0.4 is 14.8 Å². The van der Waals surface area contributed by atoms with Crippen LogP contribution >= 0.6 is 0 Å². The van der Waals surface area contributed by atoms with Gasteiger partial charge < -0.3 is 14.8 Å². The number of benzene rings is 1. The Kier molecular flexibility index (Phi) is 5.89. The van der Waals surface area contributed by atoms with E-state index in [1.165, 1.54) is 6.07 Å². The summed E-state index contributed by atoms with van der Waals surface area (Å²) in [6.07, 6.45) is 1.88. The third kappa shape index (κ3) is 4.66. The van der Waals surface area contributed by atoms with Crippen LogP contribution in [0.5, 0.6) is 11.5 Å². The number of hydrogen-bond donors (Lipinski definition) is 1. The number of hydrogen-bond acceptors (Lipinski definition) is 6. The lowest BCUT2D eigenvalue weighted by Gasteiger charge is -2.10. The van der Waals surface area contributed by atoms with Gasteiger partial charge in [0.2, 0.25) is 5.91 Å². The first-order chi connectivity index (χ1) is 11.9. The number of anilines is 1. The van der Waals surface area contributed by atoms with Crippen molar-refractivity contribution in [1.29, 1.82) is 0 Å². The van der Waals surface area contributed by atoms with Gasteiger partial charge >= 0.3 is 0 Å². The molecule has 0 saturated heterocycles. The highest BCUT2D eigenvalue weighted by Gasteiger charge is 2.12. The zero-order valence-electron chi connectivity index (χ0n) is 14.2. The van der Waals surface area contributed by atoms with Gasteiger partial charge in [0.15, 0.2) is 11.5 Å². The summed E-state index contributed by atoms with van der Waals surface area (Å²) in [7, 11) is 3.11. The van der Waals surface area contributed by atoms with Crippen LogP contribution in [0.15, 0.2) is 30.5 Å². The van der Waals surface area contributed by atoms with E-state index in [1.54, 1.807) is 27.2 Å². The molecular weight excluding hydrogens is 326 g/mol. The summed E-state index contributed by atoms with van der Waals surface area (Å²) in [6, 6.07) is 6.84. The highest BCUT2D eigenvalue weighted by atomic mass is 16.6. The van der Waals surface area contributed by atoms with Crippen LogP contribution in [0.1, 0.15) is 17.5 Å². The van der Waals surface area contributed by atoms with Crippen LogP contribution in [0.25, 0.3) is 0 Å². The van der Waals surface area contributed by atoms with Crippen LogP contribution in [0.2, 0.25) is 0 Å². The van der Waals surface area contributed by atoms with Gasteiger partial charge in [0.1, 0.15) is 12.0 Å². The third-order valence-electron chi connectivity index (χ3n) is 3.62. The van der Waals surface area contributed by atoms with Crippen molar-refractivity contribution in [1.82, 2.24) is 4.98 Å². The van der Waals surface area contributed by atoms with Crippen LogP contribution in [0, 0.1) is 17.0 Å². The number of amides is 1. The Morgan fingerprint density at radius 1 is 1.24 bits per heavy atom. The minimum atomic E-state index is -0.525. The number of ether oxygens (including phenoxy) is 2. The number of nitrogens with one attached hydrogen (secondary N) is 1. The molecule has 0 atom stereocenters. The molecule has 8 nitrogen and oxygen atoms in total. The summed E-state index contributed by atoms with van der Waals surface area (Å²) in [5, 5.41) is 13.4. The second kappa shape index (κ2) is 8.09. The zero-order chi connectivity index (χ0) is 18.4. The van der Waals surface area contributed by atoms with E-state index in [9.17, 15) is 14.9 Å². The summed E-state index contributed by atoms with van der Waals surface area (Å²) in [6.45, 7) is 1.66. The number of rotatable bonds is 7. The van der Waals surface area contributed by atoms with E-state index in [0.717, 1.165) is 11.8 Å². The van der Waals surface area contributed by atoms with Gasteiger partial charge in [-0.25, -0.2) is 4.98 Å². The van der Waals surface area contributed by atoms with Crippen LogP contribution in [0.4, 0.5) is 11.5 Å². The molecule has 2 aromatic rings. The van der Waals surface area contributed by atoms with Crippen molar-refractivity contribution >= 4 is 17.4 Å². The molecule has 132 valence electrons. The molecule has 0 saturated carbocycles. The highest BCUT2D eigenvalue weighted by molar-refractivity contribution is 5.90. The minimum absolute atomic E-state index is 0.110. The van der Waals surface area contributed by atoms with Gasteiger partial charge in [0.25, 0.3) is 5.69 Å². The molecule has 0 aliphatic carbocycles. The maximum atomic E-state index is 12.1. The van der Waals surface area contributed by atoms with Crippen LogP contribution in [-0.2, 0) is 11.2 Å². The first kappa shape index (κ1) is 18.2. The number of pyridine rings is 1. The minimum Gasteiger partial charge on any atom is -0.493 e. The number of methoxy groups -OCH3 is 2. The predicted molar refractivity (Wildman–Crippen MR) is 92.1 cm³/mol. The topological polar surface area (TPSA) is 104 Å². The lowest BCUT2D eigenvalue weighted by Crippen LogP contribution is -2.14. The molecule has 1 aromatic carbocycles. The van der Waals surface area contributed by atoms with Gasteiger partial charge in [-0.05, 0) is 36.6 Å². The van der Waals surface area contributed by atoms with Crippen LogP contribution in [0.3, 0.4) is 0 Å². The number of carbonyl (C=O) groups excluding carboxylic acids is 1. The van der Waals surface area contributed by atoms with E-state index in [1.807, 2.05) is 12.1 Å². The van der Waals surface area contributed by atoms with Gasteiger partial charge in [0.05, 0.1) is 19.1 Å². The fourth-order valence-corrected chi connectivity index (χ4v) is 2.28. The molecule has 0 aliphatic heterocycles. The van der Waals surface area contributed by atoms with Crippen molar-refractivity contribution in [2.45, 2.75) is 19.8 Å². The smallest absolute Gasteiger partial charge is 0.287 e. The average Bonchev–Trinajstić information content (AvgIpc) is 2.61. The molecule has 1 aromatic heterocycles. The molecule has 0 fully saturated rings. The van der Waals surface area contributed by atoms with E-state index >= 15 is 0 Å². The Morgan fingerprint density at radius 3 is 2.56 bits per heavy atom. The first-order valence-electron chi connectivity index (χ1n) is 7.56. The van der Waals surface area contributed by atoms with Crippen molar-refractivity contribution in [3.63, 3.8) is 0 Å². The first-order valence-corrected chi connectivity index (χ1v) is 7.56. The van der Waals surface area contributed by atoms with Gasteiger partial charge in [-0.1, -0.05) is 6.07 Å². The lowest BCUT2D eigenvalue weighted by molar-refractivity contribution is -0.385. The van der Waals surface area contributed by atoms with Crippen molar-refractivity contribution < 1.29 is 19.2 Å². The van der Waals surface area contributed by atoms with Gasteiger partial charge in [0, 0.05) is 12.5 Å². The Labute approximate surface area is 144 Å². The summed E-state index contributed by atoms with van der Waals surface area (Å²) >= 11 is 0. The molecule has 0 unspecified atom stereocenters. The second-order valence-electron chi connectivity index (χ2n) is 5.35. The van der Waals surface area contributed by atoms with E-state index in [-0.39, 0.29) is 18.0 Å². The fourth-order valence-electron chi connectivity index (χ4n) is 2.28. The second-order valence-corrected chi connectivity index (χ2v) is 5.35. The Morgan fingerprint density at radius 2 is 1.96 bits per heavy atom. The van der Waals surface area contributed by atoms with E-state index in [2.05, 4.69) is 10.3 Å². The normalized spacial score (nSPS) is 10.2. The van der Waals surface area contributed by atoms with Crippen molar-refractivity contribution in [3.05, 3.63) is 51.7 Å². The Hall–Kier alpha value is -3.16. The molecule has 0 aliphatic rings. The molecule has 1 N–H and O–H groups in total. The fraction of sp³-hybridized carbons (Fsp3) is 0.294. The van der Waals surface area contributed by atoms with Crippen molar-refractivity contribution in [3.8, 4) is 11.5 Å². The summed E-state index contributed by atoms with van der Waals surface area (Å²) in [5.74, 6) is 1.33.